The number of ether oxygens (including phenoxy) is 2. The number of carbonyl (C=O) groups is 2. The molecule has 7 nitrogen and oxygen atoms in total. The second kappa shape index (κ2) is 9.73. The molecule has 0 heterocycles. The first-order valence-corrected chi connectivity index (χ1v) is 8.08. The minimum Gasteiger partial charge on any atom is -0.744 e. The predicted octanol–water partition coefficient (Wildman–Crippen LogP) is -2.12. The zero-order valence-electron chi connectivity index (χ0n) is 13.3. The van der Waals surface area contributed by atoms with Crippen molar-refractivity contribution in [3.63, 3.8) is 0 Å². The van der Waals surface area contributed by atoms with Crippen LogP contribution in [-0.2, 0) is 35.6 Å². The third-order valence-electron chi connectivity index (χ3n) is 2.79. The van der Waals surface area contributed by atoms with Gasteiger partial charge in [0.25, 0.3) is 0 Å². The molecular formula is C14H17LiO7S. The smallest absolute Gasteiger partial charge is 0.744 e. The van der Waals surface area contributed by atoms with Crippen molar-refractivity contribution in [2.45, 2.75) is 25.2 Å². The van der Waals surface area contributed by atoms with Gasteiger partial charge in [0, 0.05) is 0 Å². The Morgan fingerprint density at radius 1 is 1.04 bits per heavy atom. The number of carbonyl (C=O) groups excluding carboxylic acids is 2. The Morgan fingerprint density at radius 3 is 1.83 bits per heavy atom. The molecule has 0 aromatic heterocycles. The summed E-state index contributed by atoms with van der Waals surface area (Å²) in [6.45, 7) is 3.49. The van der Waals surface area contributed by atoms with Crippen LogP contribution in [0, 0.1) is 5.92 Å². The molecule has 0 N–H and O–H groups in total. The Morgan fingerprint density at radius 2 is 1.48 bits per heavy atom. The first-order valence-electron chi connectivity index (χ1n) is 6.67. The predicted molar refractivity (Wildman–Crippen MR) is 74.9 cm³/mol. The fourth-order valence-electron chi connectivity index (χ4n) is 1.78. The summed E-state index contributed by atoms with van der Waals surface area (Å²) in [4.78, 5) is 23.3. The summed E-state index contributed by atoms with van der Waals surface area (Å²) < 4.78 is 42.2. The largest absolute Gasteiger partial charge is 1.00 e. The van der Waals surface area contributed by atoms with Gasteiger partial charge in [-0.3, -0.25) is 9.59 Å². The molecule has 0 saturated carbocycles. The first kappa shape index (κ1) is 21.7. The second-order valence-electron chi connectivity index (χ2n) is 4.36. The maximum atomic E-state index is 11.8. The summed E-state index contributed by atoms with van der Waals surface area (Å²) in [7, 11) is -4.53. The van der Waals surface area contributed by atoms with Gasteiger partial charge < -0.3 is 14.0 Å². The van der Waals surface area contributed by atoms with E-state index in [9.17, 15) is 22.6 Å². The maximum Gasteiger partial charge on any atom is 1.00 e. The molecule has 0 saturated heterocycles. The van der Waals surface area contributed by atoms with Crippen molar-refractivity contribution >= 4 is 22.1 Å². The fraction of sp³-hybridized carbons (Fsp3) is 0.429. The number of esters is 2. The normalized spacial score (nSPS) is 10.8. The maximum absolute atomic E-state index is 11.8. The van der Waals surface area contributed by atoms with Crippen molar-refractivity contribution in [3.8, 4) is 0 Å². The second-order valence-corrected chi connectivity index (χ2v) is 5.74. The molecule has 0 aliphatic carbocycles. The minimum absolute atomic E-state index is 0. The van der Waals surface area contributed by atoms with E-state index in [2.05, 4.69) is 0 Å². The average molecular weight is 336 g/mol. The van der Waals surface area contributed by atoms with E-state index in [1.807, 2.05) is 0 Å². The van der Waals surface area contributed by atoms with E-state index in [-0.39, 0.29) is 43.4 Å². The molecule has 0 radical (unpaired) electrons. The van der Waals surface area contributed by atoms with Crippen LogP contribution in [0.25, 0.3) is 0 Å². The van der Waals surface area contributed by atoms with Gasteiger partial charge in [0.2, 0.25) is 0 Å². The van der Waals surface area contributed by atoms with Crippen molar-refractivity contribution in [3.05, 3.63) is 29.8 Å². The first-order chi connectivity index (χ1) is 10.3. The Kier molecular flexibility index (Phi) is 9.16. The van der Waals surface area contributed by atoms with Crippen molar-refractivity contribution in [1.29, 1.82) is 0 Å². The van der Waals surface area contributed by atoms with E-state index in [4.69, 9.17) is 9.47 Å². The minimum atomic E-state index is -4.53. The van der Waals surface area contributed by atoms with Crippen LogP contribution < -0.4 is 18.9 Å². The molecule has 122 valence electrons. The van der Waals surface area contributed by atoms with Gasteiger partial charge in [-0.1, -0.05) is 12.1 Å². The molecule has 0 aliphatic heterocycles. The molecule has 0 bridgehead atoms. The van der Waals surface area contributed by atoms with Crippen molar-refractivity contribution < 1.29 is 50.9 Å². The summed E-state index contributed by atoms with van der Waals surface area (Å²) in [5, 5.41) is 0. The van der Waals surface area contributed by atoms with E-state index >= 15 is 0 Å². The third-order valence-corrected chi connectivity index (χ3v) is 3.64. The monoisotopic (exact) mass is 336 g/mol. The molecule has 0 aliphatic rings. The molecular weight excluding hydrogens is 319 g/mol. The molecule has 0 unspecified atom stereocenters. The summed E-state index contributed by atoms with van der Waals surface area (Å²) in [5.74, 6) is -2.54. The fourth-order valence-corrected chi connectivity index (χ4v) is 2.25. The Bertz CT molecular complexity index is 607. The zero-order valence-corrected chi connectivity index (χ0v) is 14.1. The van der Waals surface area contributed by atoms with Gasteiger partial charge in [0.15, 0.2) is 5.92 Å². The Hall–Kier alpha value is -1.33. The van der Waals surface area contributed by atoms with Gasteiger partial charge in [-0.15, -0.1) is 0 Å². The van der Waals surface area contributed by atoms with E-state index < -0.39 is 28.0 Å². The van der Waals surface area contributed by atoms with Crippen LogP contribution in [0.15, 0.2) is 29.2 Å². The van der Waals surface area contributed by atoms with E-state index in [1.54, 1.807) is 13.8 Å². The number of hydrogen-bond acceptors (Lipinski definition) is 7. The van der Waals surface area contributed by atoms with Crippen LogP contribution in [-0.4, -0.2) is 38.1 Å². The van der Waals surface area contributed by atoms with E-state index in [0.29, 0.717) is 5.56 Å². The molecule has 0 fully saturated rings. The van der Waals surface area contributed by atoms with E-state index in [0.717, 1.165) is 12.1 Å². The molecule has 0 amide bonds. The zero-order chi connectivity index (χ0) is 16.8. The van der Waals surface area contributed by atoms with Crippen LogP contribution in [0.5, 0.6) is 0 Å². The van der Waals surface area contributed by atoms with Crippen molar-refractivity contribution in [1.82, 2.24) is 0 Å². The SMILES string of the molecule is CCOC(=O)C(Cc1ccc(S(=O)(=O)[O-])cc1)C(=O)OCC.[Li+]. The van der Waals surface area contributed by atoms with Gasteiger partial charge in [0.05, 0.1) is 18.1 Å². The van der Waals surface area contributed by atoms with Gasteiger partial charge in [-0.25, -0.2) is 8.42 Å². The van der Waals surface area contributed by atoms with E-state index in [1.165, 1.54) is 12.1 Å². The van der Waals surface area contributed by atoms with Crippen LogP contribution >= 0.6 is 0 Å². The summed E-state index contributed by atoms with van der Waals surface area (Å²) in [6, 6.07) is 5.00. The molecule has 1 aromatic carbocycles. The number of rotatable bonds is 7. The van der Waals surface area contributed by atoms with Crippen molar-refractivity contribution in [2.24, 2.45) is 5.92 Å². The quantitative estimate of drug-likeness (QED) is 0.242. The summed E-state index contributed by atoms with van der Waals surface area (Å²) >= 11 is 0. The topological polar surface area (TPSA) is 110 Å². The standard InChI is InChI=1S/C14H18O7S.Li/c1-3-20-13(15)12(14(16)21-4-2)9-10-5-7-11(8-6-10)22(17,18)19;/h5-8,12H,3-4,9H2,1-2H3,(H,17,18,19);/q;+1/p-1. The van der Waals surface area contributed by atoms with Gasteiger partial charge >= 0.3 is 30.8 Å². The molecule has 23 heavy (non-hydrogen) atoms. The number of benzene rings is 1. The van der Waals surface area contributed by atoms with Crippen LogP contribution in [0.4, 0.5) is 0 Å². The average Bonchev–Trinajstić information content (AvgIpc) is 2.44. The Labute approximate surface area is 147 Å². The molecule has 1 rings (SSSR count). The van der Waals surface area contributed by atoms with Crippen LogP contribution in [0.1, 0.15) is 19.4 Å². The van der Waals surface area contributed by atoms with Gasteiger partial charge in [0.1, 0.15) is 10.1 Å². The van der Waals surface area contributed by atoms with Crippen LogP contribution in [0.3, 0.4) is 0 Å². The summed E-state index contributed by atoms with van der Waals surface area (Å²) in [5.41, 5.74) is 0.513. The Balaban J connectivity index is 0.00000484. The van der Waals surface area contributed by atoms with Gasteiger partial charge in [-0.2, -0.15) is 0 Å². The molecule has 0 spiro atoms. The summed E-state index contributed by atoms with van der Waals surface area (Å²) in [6.07, 6.45) is -0.00312. The third kappa shape index (κ3) is 6.75. The molecule has 1 aromatic rings. The van der Waals surface area contributed by atoms with Gasteiger partial charge in [-0.05, 0) is 38.0 Å². The van der Waals surface area contributed by atoms with Crippen LogP contribution in [0.2, 0.25) is 0 Å². The molecule has 9 heteroatoms. The van der Waals surface area contributed by atoms with Crippen molar-refractivity contribution in [2.75, 3.05) is 13.2 Å². The molecule has 0 atom stereocenters. The number of hydrogen-bond donors (Lipinski definition) is 0.